The van der Waals surface area contributed by atoms with Crippen molar-refractivity contribution in [3.05, 3.63) is 35.4 Å². The third kappa shape index (κ3) is 3.34. The number of rotatable bonds is 4. The molecule has 1 unspecified atom stereocenters. The minimum atomic E-state index is -2.41. The number of esters is 1. The van der Waals surface area contributed by atoms with E-state index in [-0.39, 0.29) is 17.6 Å². The molecular weight excluding hydrogens is 228 g/mol. The Morgan fingerprint density at radius 2 is 1.88 bits per heavy atom. The van der Waals surface area contributed by atoms with Gasteiger partial charge in [0, 0.05) is 0 Å². The predicted octanol–water partition coefficient (Wildman–Crippen LogP) is 1.07. The molecule has 0 saturated heterocycles. The minimum Gasteiger partial charge on any atom is -0.469 e. The first-order valence-electron chi connectivity index (χ1n) is 4.83. The molecule has 0 spiro atoms. The van der Waals surface area contributed by atoms with Crippen molar-refractivity contribution in [1.82, 2.24) is 0 Å². The van der Waals surface area contributed by atoms with Gasteiger partial charge in [0.1, 0.15) is 10.7 Å². The Kier molecular flexibility index (Phi) is 4.49. The van der Waals surface area contributed by atoms with Crippen LogP contribution in [0.15, 0.2) is 24.3 Å². The van der Waals surface area contributed by atoms with Gasteiger partial charge in [-0.2, -0.15) is 0 Å². The van der Waals surface area contributed by atoms with E-state index in [2.05, 4.69) is 4.74 Å². The first-order chi connectivity index (χ1) is 7.54. The molecule has 0 radical (unpaired) electrons. The molecule has 0 heterocycles. The molecule has 0 aliphatic carbocycles. The van der Waals surface area contributed by atoms with Crippen LogP contribution in [0.4, 0.5) is 0 Å². The molecule has 0 bridgehead atoms. The molecule has 1 aromatic rings. The van der Waals surface area contributed by atoms with Gasteiger partial charge in [-0.3, -0.25) is 4.79 Å². The van der Waals surface area contributed by atoms with Crippen molar-refractivity contribution in [1.29, 1.82) is 0 Å². The number of methoxy groups -OCH3 is 1. The highest BCUT2D eigenvalue weighted by Gasteiger charge is 2.14. The van der Waals surface area contributed by atoms with E-state index in [9.17, 15) is 13.2 Å². The molecule has 1 atom stereocenters. The number of carbonyl (C=O) groups is 1. The van der Waals surface area contributed by atoms with Crippen LogP contribution < -0.4 is 0 Å². The molecule has 0 aliphatic heterocycles. The predicted molar refractivity (Wildman–Crippen MR) is 60.9 cm³/mol. The van der Waals surface area contributed by atoms with E-state index >= 15 is 0 Å². The van der Waals surface area contributed by atoms with Gasteiger partial charge >= 0.3 is 5.97 Å². The Hall–Kier alpha value is -1.36. The number of ether oxygens (including phenoxy) is 1. The largest absolute Gasteiger partial charge is 0.469 e. The van der Waals surface area contributed by atoms with Crippen LogP contribution in [0.3, 0.4) is 0 Å². The molecule has 1 rings (SSSR count). The average Bonchev–Trinajstić information content (AvgIpc) is 2.27. The van der Waals surface area contributed by atoms with Crippen molar-refractivity contribution in [2.45, 2.75) is 18.6 Å². The Bertz CT molecular complexity index is 426. The molecule has 0 aliphatic rings. The standard InChI is InChI=1S/C11H14O4S/c1-8(11(12)15-2)10-5-3-9(4-6-10)7-16(13)14/h3-6,8,16H,7H2,1-2H3. The highest BCUT2D eigenvalue weighted by Crippen LogP contribution is 2.17. The van der Waals surface area contributed by atoms with Gasteiger partial charge < -0.3 is 4.74 Å². The first-order valence-corrected chi connectivity index (χ1v) is 6.19. The number of benzene rings is 1. The topological polar surface area (TPSA) is 60.4 Å². The third-order valence-corrected chi connectivity index (χ3v) is 2.97. The highest BCUT2D eigenvalue weighted by atomic mass is 32.2. The fourth-order valence-electron chi connectivity index (χ4n) is 1.37. The Balaban J connectivity index is 2.82. The van der Waals surface area contributed by atoms with Crippen LogP contribution in [0, 0.1) is 0 Å². The Labute approximate surface area is 96.2 Å². The van der Waals surface area contributed by atoms with E-state index in [1.165, 1.54) is 7.11 Å². The number of hydrogen-bond donors (Lipinski definition) is 1. The maximum absolute atomic E-state index is 11.3. The van der Waals surface area contributed by atoms with Crippen molar-refractivity contribution in [2.24, 2.45) is 0 Å². The van der Waals surface area contributed by atoms with Gasteiger partial charge in [-0.1, -0.05) is 24.3 Å². The third-order valence-electron chi connectivity index (χ3n) is 2.35. The normalized spacial score (nSPS) is 12.4. The minimum absolute atomic E-state index is 0.0300. The second-order valence-corrected chi connectivity index (χ2v) is 4.46. The van der Waals surface area contributed by atoms with Gasteiger partial charge in [0.15, 0.2) is 0 Å². The lowest BCUT2D eigenvalue weighted by atomic mass is 10.0. The molecule has 16 heavy (non-hydrogen) atoms. The highest BCUT2D eigenvalue weighted by molar-refractivity contribution is 7.71. The second-order valence-electron chi connectivity index (χ2n) is 3.48. The van der Waals surface area contributed by atoms with Crippen LogP contribution in [0.5, 0.6) is 0 Å². The maximum atomic E-state index is 11.3. The van der Waals surface area contributed by atoms with E-state index < -0.39 is 10.7 Å². The SMILES string of the molecule is COC(=O)C(C)c1ccc(C[SH](=O)=O)cc1. The van der Waals surface area contributed by atoms with Gasteiger partial charge in [0.05, 0.1) is 18.8 Å². The zero-order valence-electron chi connectivity index (χ0n) is 9.17. The summed E-state index contributed by atoms with van der Waals surface area (Å²) in [5.41, 5.74) is 1.54. The summed E-state index contributed by atoms with van der Waals surface area (Å²) in [6.07, 6.45) is 0. The zero-order valence-corrected chi connectivity index (χ0v) is 10.1. The Morgan fingerprint density at radius 1 is 1.31 bits per heavy atom. The number of hydrogen-bond acceptors (Lipinski definition) is 4. The van der Waals surface area contributed by atoms with Crippen LogP contribution in [0.1, 0.15) is 24.0 Å². The fourth-order valence-corrected chi connectivity index (χ4v) is 1.88. The lowest BCUT2D eigenvalue weighted by Gasteiger charge is -2.09. The molecule has 0 amide bonds. The lowest BCUT2D eigenvalue weighted by molar-refractivity contribution is -0.141. The average molecular weight is 242 g/mol. The quantitative estimate of drug-likeness (QED) is 0.634. The second kappa shape index (κ2) is 5.65. The van der Waals surface area contributed by atoms with Crippen molar-refractivity contribution in [3.63, 3.8) is 0 Å². The van der Waals surface area contributed by atoms with Crippen LogP contribution >= 0.6 is 0 Å². The molecule has 1 aromatic carbocycles. The molecule has 0 aromatic heterocycles. The summed E-state index contributed by atoms with van der Waals surface area (Å²) >= 11 is 0. The van der Waals surface area contributed by atoms with Crippen LogP contribution in [-0.4, -0.2) is 21.5 Å². The molecular formula is C11H14O4S. The number of carbonyl (C=O) groups excluding carboxylic acids is 1. The monoisotopic (exact) mass is 242 g/mol. The van der Waals surface area contributed by atoms with Crippen molar-refractivity contribution < 1.29 is 17.9 Å². The van der Waals surface area contributed by atoms with Gasteiger partial charge in [0.2, 0.25) is 0 Å². The summed E-state index contributed by atoms with van der Waals surface area (Å²) in [5.74, 6) is -0.606. The first kappa shape index (κ1) is 12.7. The summed E-state index contributed by atoms with van der Waals surface area (Å²) in [7, 11) is -1.07. The van der Waals surface area contributed by atoms with Gasteiger partial charge in [-0.25, -0.2) is 8.42 Å². The van der Waals surface area contributed by atoms with Crippen LogP contribution in [0.2, 0.25) is 0 Å². The summed E-state index contributed by atoms with van der Waals surface area (Å²) in [6, 6.07) is 6.91. The summed E-state index contributed by atoms with van der Waals surface area (Å²) in [5, 5.41) is 0. The van der Waals surface area contributed by atoms with Crippen molar-refractivity contribution in [2.75, 3.05) is 7.11 Å². The molecule has 0 saturated carbocycles. The van der Waals surface area contributed by atoms with Gasteiger partial charge in [-0.15, -0.1) is 0 Å². The van der Waals surface area contributed by atoms with E-state index in [0.717, 1.165) is 11.1 Å². The van der Waals surface area contributed by atoms with Crippen LogP contribution in [-0.2, 0) is 26.0 Å². The van der Waals surface area contributed by atoms with E-state index in [1.807, 2.05) is 0 Å². The molecule has 5 heteroatoms. The molecule has 0 N–H and O–H groups in total. The lowest BCUT2D eigenvalue weighted by Crippen LogP contribution is -2.10. The van der Waals surface area contributed by atoms with Crippen molar-refractivity contribution in [3.8, 4) is 0 Å². The summed E-state index contributed by atoms with van der Waals surface area (Å²) < 4.78 is 25.6. The van der Waals surface area contributed by atoms with Gasteiger partial charge in [-0.05, 0) is 18.1 Å². The van der Waals surface area contributed by atoms with E-state index in [4.69, 9.17) is 0 Å². The molecule has 88 valence electrons. The Morgan fingerprint density at radius 3 is 2.31 bits per heavy atom. The smallest absolute Gasteiger partial charge is 0.312 e. The van der Waals surface area contributed by atoms with Gasteiger partial charge in [0.25, 0.3) is 0 Å². The molecule has 0 fully saturated rings. The van der Waals surface area contributed by atoms with Crippen LogP contribution in [0.25, 0.3) is 0 Å². The summed E-state index contributed by atoms with van der Waals surface area (Å²) in [6.45, 7) is 1.74. The van der Waals surface area contributed by atoms with E-state index in [1.54, 1.807) is 31.2 Å². The van der Waals surface area contributed by atoms with E-state index in [0.29, 0.717) is 0 Å². The number of thiol groups is 1. The maximum Gasteiger partial charge on any atom is 0.312 e. The zero-order chi connectivity index (χ0) is 12.1. The molecule has 4 nitrogen and oxygen atoms in total. The summed E-state index contributed by atoms with van der Waals surface area (Å²) in [4.78, 5) is 11.3. The fraction of sp³-hybridized carbons (Fsp3) is 0.364. The van der Waals surface area contributed by atoms with Crippen molar-refractivity contribution >= 4 is 16.7 Å².